The third-order valence-electron chi connectivity index (χ3n) is 4.38. The summed E-state index contributed by atoms with van der Waals surface area (Å²) in [5.74, 6) is 1.03. The van der Waals surface area contributed by atoms with Gasteiger partial charge in [0.1, 0.15) is 0 Å². The van der Waals surface area contributed by atoms with E-state index in [2.05, 4.69) is 16.7 Å². The Kier molecular flexibility index (Phi) is 3.83. The smallest absolute Gasteiger partial charge is 0.162 e. The van der Waals surface area contributed by atoms with Crippen LogP contribution in [0.2, 0.25) is 0 Å². The van der Waals surface area contributed by atoms with Gasteiger partial charge in [0.05, 0.1) is 0 Å². The molecule has 1 aromatic carbocycles. The van der Waals surface area contributed by atoms with Crippen molar-refractivity contribution in [2.45, 2.75) is 32.1 Å². The lowest BCUT2D eigenvalue weighted by atomic mass is 9.91. The molecule has 0 aromatic heterocycles. The summed E-state index contributed by atoms with van der Waals surface area (Å²) in [4.78, 5) is 12.2. The molecular weight excluding hydrogens is 236 g/mol. The molecule has 19 heavy (non-hydrogen) atoms. The first-order chi connectivity index (χ1) is 9.33. The van der Waals surface area contributed by atoms with Gasteiger partial charge in [-0.2, -0.15) is 0 Å². The number of Topliss-reactive ketones (excluding diaryl/α,β-unsaturated/α-hetero) is 1. The van der Waals surface area contributed by atoms with Crippen molar-refractivity contribution in [3.8, 4) is 0 Å². The number of hydrogen-bond donors (Lipinski definition) is 2. The first-order valence-electron chi connectivity index (χ1n) is 7.43. The Morgan fingerprint density at radius 3 is 2.89 bits per heavy atom. The summed E-state index contributed by atoms with van der Waals surface area (Å²) in [6.45, 7) is 3.23. The number of benzene rings is 1. The minimum Gasteiger partial charge on any atom is -0.384 e. The molecular formula is C16H22N2O. The number of fused-ring (bicyclic) bond motifs is 1. The van der Waals surface area contributed by atoms with Crippen LogP contribution in [0.4, 0.5) is 5.69 Å². The molecule has 0 unspecified atom stereocenters. The lowest BCUT2D eigenvalue weighted by Gasteiger charge is -2.22. The highest BCUT2D eigenvalue weighted by molar-refractivity contribution is 5.97. The van der Waals surface area contributed by atoms with E-state index in [1.54, 1.807) is 0 Å². The summed E-state index contributed by atoms with van der Waals surface area (Å²) in [5.41, 5.74) is 3.38. The zero-order valence-electron chi connectivity index (χ0n) is 11.4. The molecule has 1 saturated heterocycles. The Morgan fingerprint density at radius 1 is 1.21 bits per heavy atom. The fourth-order valence-electron chi connectivity index (χ4n) is 3.11. The SMILES string of the molecule is O=C(CCC1CCNCC1)c1ccc2c(c1)NCC2. The molecule has 0 radical (unpaired) electrons. The Labute approximate surface area is 114 Å². The third kappa shape index (κ3) is 2.98. The summed E-state index contributed by atoms with van der Waals surface area (Å²) in [6.07, 6.45) is 5.27. The van der Waals surface area contributed by atoms with E-state index in [-0.39, 0.29) is 0 Å². The second kappa shape index (κ2) is 5.74. The van der Waals surface area contributed by atoms with E-state index in [0.717, 1.165) is 49.6 Å². The van der Waals surface area contributed by atoms with Gasteiger partial charge in [-0.15, -0.1) is 0 Å². The monoisotopic (exact) mass is 258 g/mol. The van der Waals surface area contributed by atoms with Crippen molar-refractivity contribution in [2.75, 3.05) is 25.0 Å². The van der Waals surface area contributed by atoms with Gasteiger partial charge in [0.2, 0.25) is 0 Å². The standard InChI is InChI=1S/C16H22N2O/c19-16(4-1-12-5-8-17-9-6-12)14-3-2-13-7-10-18-15(13)11-14/h2-3,11-12,17-18H,1,4-10H2. The number of hydrogen-bond acceptors (Lipinski definition) is 3. The maximum absolute atomic E-state index is 12.2. The summed E-state index contributed by atoms with van der Waals surface area (Å²) >= 11 is 0. The maximum atomic E-state index is 12.2. The quantitative estimate of drug-likeness (QED) is 0.816. The fourth-order valence-corrected chi connectivity index (χ4v) is 3.11. The van der Waals surface area contributed by atoms with Crippen LogP contribution in [0.25, 0.3) is 0 Å². The average molecular weight is 258 g/mol. The van der Waals surface area contributed by atoms with Crippen LogP contribution in [0.15, 0.2) is 18.2 Å². The molecule has 0 bridgehead atoms. The van der Waals surface area contributed by atoms with E-state index >= 15 is 0 Å². The van der Waals surface area contributed by atoms with Crippen molar-refractivity contribution in [1.29, 1.82) is 0 Å². The highest BCUT2D eigenvalue weighted by atomic mass is 16.1. The van der Waals surface area contributed by atoms with Crippen LogP contribution in [-0.4, -0.2) is 25.4 Å². The Hall–Kier alpha value is -1.35. The number of carbonyl (C=O) groups is 1. The van der Waals surface area contributed by atoms with Crippen molar-refractivity contribution in [3.05, 3.63) is 29.3 Å². The molecule has 3 rings (SSSR count). The zero-order valence-corrected chi connectivity index (χ0v) is 11.4. The second-order valence-electron chi connectivity index (χ2n) is 5.70. The molecule has 1 fully saturated rings. The van der Waals surface area contributed by atoms with Crippen LogP contribution >= 0.6 is 0 Å². The lowest BCUT2D eigenvalue weighted by molar-refractivity contribution is 0.0971. The van der Waals surface area contributed by atoms with Crippen molar-refractivity contribution in [3.63, 3.8) is 0 Å². The van der Waals surface area contributed by atoms with Crippen LogP contribution in [0.5, 0.6) is 0 Å². The Morgan fingerprint density at radius 2 is 2.05 bits per heavy atom. The molecule has 1 aromatic rings. The molecule has 0 atom stereocenters. The molecule has 2 N–H and O–H groups in total. The lowest BCUT2D eigenvalue weighted by Crippen LogP contribution is -2.27. The maximum Gasteiger partial charge on any atom is 0.162 e. The molecule has 3 heteroatoms. The van der Waals surface area contributed by atoms with Crippen LogP contribution in [0, 0.1) is 5.92 Å². The number of piperidine rings is 1. The van der Waals surface area contributed by atoms with Crippen molar-refractivity contribution in [2.24, 2.45) is 5.92 Å². The first kappa shape index (κ1) is 12.7. The highest BCUT2D eigenvalue weighted by Gasteiger charge is 2.17. The van der Waals surface area contributed by atoms with Gasteiger partial charge in [0.25, 0.3) is 0 Å². The Bertz CT molecular complexity index is 464. The minimum absolute atomic E-state index is 0.301. The molecule has 3 nitrogen and oxygen atoms in total. The van der Waals surface area contributed by atoms with E-state index in [4.69, 9.17) is 0 Å². The summed E-state index contributed by atoms with van der Waals surface area (Å²) in [6, 6.07) is 6.14. The highest BCUT2D eigenvalue weighted by Crippen LogP contribution is 2.25. The zero-order chi connectivity index (χ0) is 13.1. The van der Waals surface area contributed by atoms with E-state index < -0.39 is 0 Å². The van der Waals surface area contributed by atoms with E-state index in [1.807, 2.05) is 12.1 Å². The number of anilines is 1. The number of carbonyl (C=O) groups excluding carboxylic acids is 1. The van der Waals surface area contributed by atoms with Gasteiger partial charge in [-0.05, 0) is 56.3 Å². The summed E-state index contributed by atoms with van der Waals surface area (Å²) in [7, 11) is 0. The number of rotatable bonds is 4. The van der Waals surface area contributed by atoms with Crippen molar-refractivity contribution < 1.29 is 4.79 Å². The second-order valence-corrected chi connectivity index (χ2v) is 5.70. The van der Waals surface area contributed by atoms with E-state index in [1.165, 1.54) is 18.4 Å². The molecule has 102 valence electrons. The largest absolute Gasteiger partial charge is 0.384 e. The van der Waals surface area contributed by atoms with Gasteiger partial charge < -0.3 is 10.6 Å². The fraction of sp³-hybridized carbons (Fsp3) is 0.562. The predicted octanol–water partition coefficient (Wildman–Crippen LogP) is 2.62. The topological polar surface area (TPSA) is 41.1 Å². The van der Waals surface area contributed by atoms with Gasteiger partial charge in [0.15, 0.2) is 5.78 Å². The third-order valence-corrected chi connectivity index (χ3v) is 4.38. The molecule has 0 spiro atoms. The molecule has 0 aliphatic carbocycles. The Balaban J connectivity index is 1.57. The van der Waals surface area contributed by atoms with E-state index in [0.29, 0.717) is 12.2 Å². The van der Waals surface area contributed by atoms with Crippen LogP contribution in [0.3, 0.4) is 0 Å². The number of nitrogens with one attached hydrogen (secondary N) is 2. The van der Waals surface area contributed by atoms with Gasteiger partial charge in [-0.25, -0.2) is 0 Å². The molecule has 2 aliphatic heterocycles. The first-order valence-corrected chi connectivity index (χ1v) is 7.43. The van der Waals surface area contributed by atoms with Gasteiger partial charge in [-0.1, -0.05) is 12.1 Å². The number of ketones is 1. The molecule has 2 aliphatic rings. The van der Waals surface area contributed by atoms with Gasteiger partial charge >= 0.3 is 0 Å². The van der Waals surface area contributed by atoms with Gasteiger partial charge in [-0.3, -0.25) is 4.79 Å². The van der Waals surface area contributed by atoms with Crippen LogP contribution in [-0.2, 0) is 6.42 Å². The average Bonchev–Trinajstić information content (AvgIpc) is 2.93. The van der Waals surface area contributed by atoms with Gasteiger partial charge in [0, 0.05) is 24.2 Å². The van der Waals surface area contributed by atoms with Crippen molar-refractivity contribution in [1.82, 2.24) is 5.32 Å². The molecule has 0 saturated carbocycles. The van der Waals surface area contributed by atoms with Crippen LogP contribution < -0.4 is 10.6 Å². The summed E-state index contributed by atoms with van der Waals surface area (Å²) < 4.78 is 0. The van der Waals surface area contributed by atoms with E-state index in [9.17, 15) is 4.79 Å². The van der Waals surface area contributed by atoms with Crippen molar-refractivity contribution >= 4 is 11.5 Å². The minimum atomic E-state index is 0.301. The molecule has 0 amide bonds. The normalized spacial score (nSPS) is 18.9. The predicted molar refractivity (Wildman–Crippen MR) is 77.8 cm³/mol. The molecule has 2 heterocycles. The summed E-state index contributed by atoms with van der Waals surface area (Å²) in [5, 5.41) is 6.71. The van der Waals surface area contributed by atoms with Crippen LogP contribution in [0.1, 0.15) is 41.6 Å².